The van der Waals surface area contributed by atoms with E-state index in [4.69, 9.17) is 0 Å². The van der Waals surface area contributed by atoms with Gasteiger partial charge in [-0.05, 0) is 82.5 Å². The molecule has 1 heteroatoms. The number of nitrogens with one attached hydrogen (secondary N) is 1. The summed E-state index contributed by atoms with van der Waals surface area (Å²) in [5, 5.41) is 3.47. The maximum Gasteiger partial charge on any atom is 0.0143 e. The Kier molecular flexibility index (Phi) is 53.6. The van der Waals surface area contributed by atoms with E-state index < -0.39 is 0 Å². The molecule has 0 radical (unpaired) electrons. The van der Waals surface area contributed by atoms with Gasteiger partial charge in [0.1, 0.15) is 0 Å². The number of allylic oxidation sites excluding steroid dienone is 4. The Morgan fingerprint density at radius 1 is 0.422 bits per heavy atom. The molecule has 0 saturated heterocycles. The van der Waals surface area contributed by atoms with Crippen molar-refractivity contribution in [1.29, 1.82) is 0 Å². The van der Waals surface area contributed by atoms with Gasteiger partial charge < -0.3 is 5.32 Å². The fourth-order valence-corrected chi connectivity index (χ4v) is 8.79. The molecule has 0 bridgehead atoms. The molecule has 382 valence electrons. The summed E-state index contributed by atoms with van der Waals surface area (Å²) < 4.78 is 0. The molecule has 0 aromatic heterocycles. The third-order valence-electron chi connectivity index (χ3n) is 13.6. The highest BCUT2D eigenvalue weighted by Gasteiger charge is 2.24. The maximum absolute atomic E-state index is 4.51. The van der Waals surface area contributed by atoms with E-state index in [0.717, 1.165) is 12.5 Å². The van der Waals surface area contributed by atoms with Crippen LogP contribution in [0, 0.1) is 16.7 Å². The monoisotopic (exact) mass is 896 g/mol. The average molecular weight is 897 g/mol. The molecule has 0 aliphatic heterocycles. The van der Waals surface area contributed by atoms with E-state index in [9.17, 15) is 0 Å². The average Bonchev–Trinajstić information content (AvgIpc) is 3.25. The van der Waals surface area contributed by atoms with Crippen LogP contribution in [-0.2, 0) is 0 Å². The molecule has 1 N–H and O–H groups in total. The van der Waals surface area contributed by atoms with Crippen molar-refractivity contribution in [1.82, 2.24) is 5.32 Å². The Balaban J connectivity index is -0.00000162. The standard InChI is InChI=1S/C45H88.C15H31N.C3H6/c1-6-9-11-13-15-17-19-21-23-25-27-29-31-33-35-38-43(4)40-41-45(37-8-3)42-44(5)39-36-34-32-30-28-26-24-22-20-18-16-14-12-10-7-2;1-8-9-12-16-13(2)15(6,7)11-10-14(3,4)5;1-3-2/h45H,4-42H2,1-3H3;16H,2,8-12H2,1,3-7H3;3H,1H2,2H3. The summed E-state index contributed by atoms with van der Waals surface area (Å²) in [6.45, 7) is 40.2. The first-order valence-corrected chi connectivity index (χ1v) is 29.1. The van der Waals surface area contributed by atoms with E-state index in [1.54, 1.807) is 6.08 Å². The Morgan fingerprint density at radius 2 is 0.750 bits per heavy atom. The van der Waals surface area contributed by atoms with Gasteiger partial charge in [-0.25, -0.2) is 0 Å². The van der Waals surface area contributed by atoms with Crippen LogP contribution >= 0.6 is 0 Å². The van der Waals surface area contributed by atoms with Gasteiger partial charge in [-0.1, -0.05) is 298 Å². The summed E-state index contributed by atoms with van der Waals surface area (Å²) in [5.41, 5.74) is 4.86. The zero-order valence-electron chi connectivity index (χ0n) is 46.7. The quantitative estimate of drug-likeness (QED) is 0.0474. The van der Waals surface area contributed by atoms with Crippen molar-refractivity contribution in [3.05, 3.63) is 49.2 Å². The Labute approximate surface area is 408 Å². The minimum atomic E-state index is 0.209. The van der Waals surface area contributed by atoms with Gasteiger partial charge in [0.05, 0.1) is 0 Å². The first-order valence-electron chi connectivity index (χ1n) is 29.1. The molecule has 0 aromatic carbocycles. The van der Waals surface area contributed by atoms with Crippen LogP contribution in [0.15, 0.2) is 49.2 Å². The molecule has 0 heterocycles. The van der Waals surface area contributed by atoms with Crippen molar-refractivity contribution in [2.75, 3.05) is 6.54 Å². The van der Waals surface area contributed by atoms with Gasteiger partial charge in [0.15, 0.2) is 0 Å². The zero-order valence-corrected chi connectivity index (χ0v) is 46.7. The Bertz CT molecular complexity index is 976. The molecule has 0 fully saturated rings. The van der Waals surface area contributed by atoms with Crippen LogP contribution in [0.1, 0.15) is 332 Å². The van der Waals surface area contributed by atoms with Crippen LogP contribution in [0.4, 0.5) is 0 Å². The summed E-state index contributed by atoms with van der Waals surface area (Å²) in [6.07, 6.45) is 59.0. The van der Waals surface area contributed by atoms with Crippen molar-refractivity contribution in [2.45, 2.75) is 332 Å². The molecule has 1 atom stereocenters. The molecular weight excluding hydrogens is 771 g/mol. The second-order valence-corrected chi connectivity index (χ2v) is 22.4. The first kappa shape index (κ1) is 67.0. The molecule has 0 aromatic rings. The van der Waals surface area contributed by atoms with Gasteiger partial charge in [-0.15, -0.1) is 6.58 Å². The van der Waals surface area contributed by atoms with Gasteiger partial charge >= 0.3 is 0 Å². The van der Waals surface area contributed by atoms with Crippen molar-refractivity contribution in [3.8, 4) is 0 Å². The van der Waals surface area contributed by atoms with Gasteiger partial charge in [-0.2, -0.15) is 0 Å². The van der Waals surface area contributed by atoms with Gasteiger partial charge in [0, 0.05) is 17.7 Å². The van der Waals surface area contributed by atoms with E-state index in [2.05, 4.69) is 93.9 Å². The van der Waals surface area contributed by atoms with E-state index in [-0.39, 0.29) is 5.41 Å². The SMILES string of the molecule is C=C(CCCCCCCCCCCCCCCCC)CCC(CCC)CC(=C)CCCCCCCCCCCCCCCCC.C=C(NCCCC)C(C)(C)CCC(C)(C)C.C=CC. The minimum absolute atomic E-state index is 0.209. The number of unbranched alkanes of at least 4 members (excludes halogenated alkanes) is 29. The summed E-state index contributed by atoms with van der Waals surface area (Å²) in [7, 11) is 0. The second-order valence-electron chi connectivity index (χ2n) is 22.4. The second kappa shape index (κ2) is 51.2. The van der Waals surface area contributed by atoms with E-state index in [1.807, 2.05) is 6.92 Å². The van der Waals surface area contributed by atoms with Crippen LogP contribution in [0.2, 0.25) is 0 Å². The Morgan fingerprint density at radius 3 is 1.08 bits per heavy atom. The fraction of sp³-hybridized carbons (Fsp3) is 0.873. The van der Waals surface area contributed by atoms with Crippen molar-refractivity contribution >= 4 is 0 Å². The lowest BCUT2D eigenvalue weighted by atomic mass is 9.78. The maximum atomic E-state index is 4.51. The number of hydrogen-bond donors (Lipinski definition) is 1. The van der Waals surface area contributed by atoms with Gasteiger partial charge in [0.2, 0.25) is 0 Å². The molecular formula is C63H125N. The summed E-state index contributed by atoms with van der Waals surface area (Å²) >= 11 is 0. The zero-order chi connectivity index (χ0) is 48.4. The molecule has 0 aliphatic carbocycles. The van der Waals surface area contributed by atoms with Crippen LogP contribution in [-0.4, -0.2) is 6.54 Å². The lowest BCUT2D eigenvalue weighted by molar-refractivity contribution is 0.280. The normalized spacial score (nSPS) is 11.9. The topological polar surface area (TPSA) is 12.0 Å². The molecule has 0 saturated carbocycles. The summed E-state index contributed by atoms with van der Waals surface area (Å²) in [4.78, 5) is 0. The predicted molar refractivity (Wildman–Crippen MR) is 300 cm³/mol. The van der Waals surface area contributed by atoms with Crippen molar-refractivity contribution in [3.63, 3.8) is 0 Å². The van der Waals surface area contributed by atoms with Crippen LogP contribution in [0.25, 0.3) is 0 Å². The largest absolute Gasteiger partial charge is 0.388 e. The molecule has 0 aliphatic rings. The third-order valence-corrected chi connectivity index (χ3v) is 13.6. The molecule has 0 rings (SSSR count). The van der Waals surface area contributed by atoms with E-state index >= 15 is 0 Å². The van der Waals surface area contributed by atoms with Crippen molar-refractivity contribution in [2.24, 2.45) is 16.7 Å². The predicted octanol–water partition coefficient (Wildman–Crippen LogP) is 23.1. The summed E-state index contributed by atoms with van der Waals surface area (Å²) in [5.74, 6) is 0.830. The third kappa shape index (κ3) is 55.1. The van der Waals surface area contributed by atoms with Crippen molar-refractivity contribution < 1.29 is 0 Å². The lowest BCUT2D eigenvalue weighted by Crippen LogP contribution is -2.28. The first-order chi connectivity index (χ1) is 30.7. The van der Waals surface area contributed by atoms with Crippen LogP contribution in [0.5, 0.6) is 0 Å². The van der Waals surface area contributed by atoms with Gasteiger partial charge in [-0.3, -0.25) is 0 Å². The van der Waals surface area contributed by atoms with E-state index in [1.165, 1.54) is 280 Å². The van der Waals surface area contributed by atoms with Crippen LogP contribution in [0.3, 0.4) is 0 Å². The van der Waals surface area contributed by atoms with Crippen LogP contribution < -0.4 is 5.32 Å². The highest BCUT2D eigenvalue weighted by molar-refractivity contribution is 5.04. The van der Waals surface area contributed by atoms with Gasteiger partial charge in [0.25, 0.3) is 0 Å². The number of rotatable bonds is 46. The minimum Gasteiger partial charge on any atom is -0.388 e. The number of hydrogen-bond acceptors (Lipinski definition) is 1. The molecule has 0 amide bonds. The molecule has 1 unspecified atom stereocenters. The highest BCUT2D eigenvalue weighted by Crippen LogP contribution is 2.34. The fourth-order valence-electron chi connectivity index (χ4n) is 8.79. The highest BCUT2D eigenvalue weighted by atomic mass is 14.9. The summed E-state index contributed by atoms with van der Waals surface area (Å²) in [6, 6.07) is 0. The Hall–Kier alpha value is -1.24. The smallest absolute Gasteiger partial charge is 0.0143 e. The molecule has 64 heavy (non-hydrogen) atoms. The van der Waals surface area contributed by atoms with E-state index in [0.29, 0.717) is 5.41 Å². The lowest BCUT2D eigenvalue weighted by Gasteiger charge is -2.31. The molecule has 1 nitrogen and oxygen atoms in total. The molecule has 0 spiro atoms.